The van der Waals surface area contributed by atoms with Crippen LogP contribution in [0.2, 0.25) is 0 Å². The van der Waals surface area contributed by atoms with Crippen LogP contribution in [0.5, 0.6) is 0 Å². The summed E-state index contributed by atoms with van der Waals surface area (Å²) in [7, 11) is 1.76. The van der Waals surface area contributed by atoms with Gasteiger partial charge in [-0.3, -0.25) is 4.90 Å². The van der Waals surface area contributed by atoms with Crippen LogP contribution in [0, 0.1) is 5.92 Å². The Morgan fingerprint density at radius 2 is 2.47 bits per heavy atom. The molecule has 0 aromatic carbocycles. The van der Waals surface area contributed by atoms with Gasteiger partial charge in [-0.05, 0) is 31.0 Å². The predicted octanol–water partition coefficient (Wildman–Crippen LogP) is 0.836. The molecule has 0 aliphatic carbocycles. The molecule has 1 unspecified atom stereocenters. The molecule has 2 heterocycles. The first-order valence-electron chi connectivity index (χ1n) is 5.95. The van der Waals surface area contributed by atoms with E-state index >= 15 is 0 Å². The van der Waals surface area contributed by atoms with Gasteiger partial charge in [-0.25, -0.2) is 10.8 Å². The fourth-order valence-corrected chi connectivity index (χ4v) is 2.31. The number of methoxy groups -OCH3 is 1. The molecule has 3 N–H and O–H groups in total. The molecule has 2 rings (SSSR count). The topological polar surface area (TPSA) is 63.4 Å². The molecule has 5 nitrogen and oxygen atoms in total. The standard InChI is InChI=1S/C12H20N4O/c1-17-9-10-5-6-16(7-10)8-11-3-2-4-12(14-11)15-13/h2-4,10H,5-9,13H2,1H3,(H,14,15). The minimum Gasteiger partial charge on any atom is -0.384 e. The van der Waals surface area contributed by atoms with Gasteiger partial charge in [0, 0.05) is 20.2 Å². The predicted molar refractivity (Wildman–Crippen MR) is 67.3 cm³/mol. The number of nitrogens with two attached hydrogens (primary N) is 1. The molecule has 5 heteroatoms. The summed E-state index contributed by atoms with van der Waals surface area (Å²) >= 11 is 0. The highest BCUT2D eigenvalue weighted by atomic mass is 16.5. The Hall–Kier alpha value is -1.17. The molecular weight excluding hydrogens is 216 g/mol. The lowest BCUT2D eigenvalue weighted by molar-refractivity contribution is 0.152. The Morgan fingerprint density at radius 3 is 3.24 bits per heavy atom. The number of pyridine rings is 1. The number of hydrogen-bond acceptors (Lipinski definition) is 5. The molecule has 94 valence electrons. The summed E-state index contributed by atoms with van der Waals surface area (Å²) in [6.45, 7) is 3.95. The molecule has 1 fully saturated rings. The zero-order valence-electron chi connectivity index (χ0n) is 10.2. The van der Waals surface area contributed by atoms with E-state index in [0.717, 1.165) is 37.8 Å². The number of ether oxygens (including phenoxy) is 1. The second kappa shape index (κ2) is 5.95. The minimum atomic E-state index is 0.663. The van der Waals surface area contributed by atoms with Gasteiger partial charge >= 0.3 is 0 Å². The third-order valence-electron chi connectivity index (χ3n) is 3.11. The van der Waals surface area contributed by atoms with Gasteiger partial charge in [-0.2, -0.15) is 0 Å². The van der Waals surface area contributed by atoms with E-state index in [0.29, 0.717) is 5.92 Å². The first-order valence-corrected chi connectivity index (χ1v) is 5.95. The van der Waals surface area contributed by atoms with Crippen LogP contribution in [0.1, 0.15) is 12.1 Å². The van der Waals surface area contributed by atoms with Crippen molar-refractivity contribution in [2.45, 2.75) is 13.0 Å². The van der Waals surface area contributed by atoms with Gasteiger partial charge in [0.25, 0.3) is 0 Å². The Kier molecular flexibility index (Phi) is 4.30. The van der Waals surface area contributed by atoms with Crippen LogP contribution in [-0.2, 0) is 11.3 Å². The molecule has 0 saturated carbocycles. The van der Waals surface area contributed by atoms with Crippen molar-refractivity contribution in [3.63, 3.8) is 0 Å². The lowest BCUT2D eigenvalue weighted by atomic mass is 10.1. The fraction of sp³-hybridized carbons (Fsp3) is 0.583. The maximum atomic E-state index is 5.35. The number of hydrogen-bond donors (Lipinski definition) is 2. The van der Waals surface area contributed by atoms with E-state index in [2.05, 4.69) is 15.3 Å². The summed E-state index contributed by atoms with van der Waals surface area (Å²) in [4.78, 5) is 6.83. The van der Waals surface area contributed by atoms with Crippen molar-refractivity contribution in [3.8, 4) is 0 Å². The maximum absolute atomic E-state index is 5.35. The molecule has 1 atom stereocenters. The number of hydrazine groups is 1. The molecule has 1 aliphatic heterocycles. The van der Waals surface area contributed by atoms with Crippen molar-refractivity contribution >= 4 is 5.82 Å². The number of likely N-dealkylation sites (tertiary alicyclic amines) is 1. The van der Waals surface area contributed by atoms with E-state index < -0.39 is 0 Å². The molecule has 0 amide bonds. The average molecular weight is 236 g/mol. The van der Waals surface area contributed by atoms with Crippen molar-refractivity contribution < 1.29 is 4.74 Å². The summed E-state index contributed by atoms with van der Waals surface area (Å²) < 4.78 is 5.19. The Bertz CT molecular complexity index is 358. The lowest BCUT2D eigenvalue weighted by Gasteiger charge is -2.15. The van der Waals surface area contributed by atoms with Crippen molar-refractivity contribution in [2.75, 3.05) is 32.2 Å². The smallest absolute Gasteiger partial charge is 0.140 e. The number of nitrogen functional groups attached to an aromatic ring is 1. The second-order valence-electron chi connectivity index (χ2n) is 4.50. The number of nitrogens with one attached hydrogen (secondary N) is 1. The minimum absolute atomic E-state index is 0.663. The largest absolute Gasteiger partial charge is 0.384 e. The quantitative estimate of drug-likeness (QED) is 0.586. The average Bonchev–Trinajstić information content (AvgIpc) is 2.77. The highest BCUT2D eigenvalue weighted by Gasteiger charge is 2.22. The van der Waals surface area contributed by atoms with Crippen LogP contribution in [-0.4, -0.2) is 36.7 Å². The zero-order chi connectivity index (χ0) is 12.1. The van der Waals surface area contributed by atoms with E-state index in [1.165, 1.54) is 6.42 Å². The first kappa shape index (κ1) is 12.3. The second-order valence-corrected chi connectivity index (χ2v) is 4.50. The summed E-state index contributed by atoms with van der Waals surface area (Å²) in [6.07, 6.45) is 1.21. The molecule has 17 heavy (non-hydrogen) atoms. The van der Waals surface area contributed by atoms with E-state index in [1.54, 1.807) is 7.11 Å². The van der Waals surface area contributed by atoms with Gasteiger partial charge in [-0.15, -0.1) is 0 Å². The summed E-state index contributed by atoms with van der Waals surface area (Å²) in [5.74, 6) is 6.73. The van der Waals surface area contributed by atoms with Crippen LogP contribution in [0.25, 0.3) is 0 Å². The van der Waals surface area contributed by atoms with Gasteiger partial charge in [-0.1, -0.05) is 6.07 Å². The van der Waals surface area contributed by atoms with Gasteiger partial charge in [0.05, 0.1) is 12.3 Å². The molecule has 1 aliphatic rings. The summed E-state index contributed by atoms with van der Waals surface area (Å²) in [6, 6.07) is 5.87. The van der Waals surface area contributed by atoms with Crippen LogP contribution >= 0.6 is 0 Å². The van der Waals surface area contributed by atoms with Crippen LogP contribution < -0.4 is 11.3 Å². The molecule has 1 saturated heterocycles. The van der Waals surface area contributed by atoms with E-state index in [-0.39, 0.29) is 0 Å². The van der Waals surface area contributed by atoms with Crippen molar-refractivity contribution in [1.29, 1.82) is 0 Å². The summed E-state index contributed by atoms with van der Waals surface area (Å²) in [5, 5.41) is 0. The normalized spacial score (nSPS) is 20.7. The fourth-order valence-electron chi connectivity index (χ4n) is 2.31. The molecule has 1 aromatic heterocycles. The van der Waals surface area contributed by atoms with Crippen molar-refractivity contribution in [2.24, 2.45) is 11.8 Å². The van der Waals surface area contributed by atoms with E-state index in [4.69, 9.17) is 10.6 Å². The lowest BCUT2D eigenvalue weighted by Crippen LogP contribution is -2.22. The SMILES string of the molecule is COCC1CCN(Cc2cccc(NN)n2)C1. The van der Waals surface area contributed by atoms with Crippen molar-refractivity contribution in [1.82, 2.24) is 9.88 Å². The van der Waals surface area contributed by atoms with Gasteiger partial charge in [0.2, 0.25) is 0 Å². The van der Waals surface area contributed by atoms with Gasteiger partial charge < -0.3 is 10.2 Å². The van der Waals surface area contributed by atoms with Crippen LogP contribution in [0.3, 0.4) is 0 Å². The molecular formula is C12H20N4O. The van der Waals surface area contributed by atoms with Gasteiger partial charge in [0.1, 0.15) is 5.82 Å². The Morgan fingerprint density at radius 1 is 1.59 bits per heavy atom. The number of aromatic nitrogens is 1. The first-order chi connectivity index (χ1) is 8.31. The highest BCUT2D eigenvalue weighted by Crippen LogP contribution is 2.18. The molecule has 0 spiro atoms. The third kappa shape index (κ3) is 3.39. The maximum Gasteiger partial charge on any atom is 0.140 e. The highest BCUT2D eigenvalue weighted by molar-refractivity contribution is 5.33. The summed E-state index contributed by atoms with van der Waals surface area (Å²) in [5.41, 5.74) is 3.63. The Balaban J connectivity index is 1.88. The monoisotopic (exact) mass is 236 g/mol. The molecule has 0 radical (unpaired) electrons. The van der Waals surface area contributed by atoms with E-state index in [1.807, 2.05) is 18.2 Å². The van der Waals surface area contributed by atoms with E-state index in [9.17, 15) is 0 Å². The van der Waals surface area contributed by atoms with Gasteiger partial charge in [0.15, 0.2) is 0 Å². The molecule has 0 bridgehead atoms. The number of rotatable bonds is 5. The third-order valence-corrected chi connectivity index (χ3v) is 3.11. The number of anilines is 1. The van der Waals surface area contributed by atoms with Crippen LogP contribution in [0.15, 0.2) is 18.2 Å². The zero-order valence-corrected chi connectivity index (χ0v) is 10.2. The Labute approximate surface area is 102 Å². The molecule has 1 aromatic rings. The van der Waals surface area contributed by atoms with Crippen molar-refractivity contribution in [3.05, 3.63) is 23.9 Å². The number of nitrogens with zero attached hydrogens (tertiary/aromatic N) is 2. The van der Waals surface area contributed by atoms with Crippen LogP contribution in [0.4, 0.5) is 5.82 Å².